The predicted molar refractivity (Wildman–Crippen MR) is 70.1 cm³/mol. The molecule has 2 heterocycles. The second-order valence-electron chi connectivity index (χ2n) is 4.19. The van der Waals surface area contributed by atoms with Crippen LogP contribution in [0.4, 0.5) is 0 Å². The molecule has 0 aromatic carbocycles. The van der Waals surface area contributed by atoms with Crippen molar-refractivity contribution in [2.45, 2.75) is 12.5 Å². The first-order valence-corrected chi connectivity index (χ1v) is 5.97. The number of pyridine rings is 1. The van der Waals surface area contributed by atoms with Gasteiger partial charge in [0.05, 0.1) is 11.9 Å². The highest BCUT2D eigenvalue weighted by Crippen LogP contribution is 2.02. The van der Waals surface area contributed by atoms with Gasteiger partial charge in [-0.15, -0.1) is 0 Å². The Hall–Kier alpha value is -3.21. The molecular weight excluding hydrogens is 274 g/mol. The highest BCUT2D eigenvalue weighted by atomic mass is 16.4. The fraction of sp³-hybridized carbons (Fsp3) is 0.154. The van der Waals surface area contributed by atoms with Gasteiger partial charge >= 0.3 is 5.97 Å². The number of rotatable bonds is 5. The maximum Gasteiger partial charge on any atom is 0.326 e. The number of imidazole rings is 1. The lowest BCUT2D eigenvalue weighted by molar-refractivity contribution is -0.139. The van der Waals surface area contributed by atoms with Gasteiger partial charge in [-0.25, -0.2) is 14.8 Å². The molecule has 2 aromatic rings. The molecule has 0 radical (unpaired) electrons. The molecular formula is C13H11N5O3. The average molecular weight is 285 g/mol. The molecule has 0 aliphatic heterocycles. The minimum Gasteiger partial charge on any atom is -0.480 e. The lowest BCUT2D eigenvalue weighted by atomic mass is 10.1. The Kier molecular flexibility index (Phi) is 4.26. The van der Waals surface area contributed by atoms with Gasteiger partial charge in [-0.2, -0.15) is 5.26 Å². The van der Waals surface area contributed by atoms with E-state index in [-0.39, 0.29) is 12.1 Å². The maximum absolute atomic E-state index is 11.9. The Morgan fingerprint density at radius 2 is 2.24 bits per heavy atom. The number of aliphatic carboxylic acids is 1. The number of amides is 1. The highest BCUT2D eigenvalue weighted by molar-refractivity contribution is 5.95. The van der Waals surface area contributed by atoms with Crippen LogP contribution < -0.4 is 5.32 Å². The van der Waals surface area contributed by atoms with Gasteiger partial charge in [0, 0.05) is 24.5 Å². The number of carboxylic acid groups (broad SMARTS) is 1. The van der Waals surface area contributed by atoms with Crippen LogP contribution in [0, 0.1) is 11.3 Å². The first-order valence-electron chi connectivity index (χ1n) is 5.97. The summed E-state index contributed by atoms with van der Waals surface area (Å²) in [4.78, 5) is 33.5. The van der Waals surface area contributed by atoms with E-state index in [9.17, 15) is 9.59 Å². The molecule has 0 aliphatic rings. The molecule has 21 heavy (non-hydrogen) atoms. The molecule has 8 nitrogen and oxygen atoms in total. The molecule has 2 aromatic heterocycles. The van der Waals surface area contributed by atoms with E-state index < -0.39 is 17.9 Å². The van der Waals surface area contributed by atoms with E-state index in [4.69, 9.17) is 10.4 Å². The van der Waals surface area contributed by atoms with Gasteiger partial charge < -0.3 is 15.4 Å². The van der Waals surface area contributed by atoms with Crippen LogP contribution in [0.25, 0.3) is 0 Å². The summed E-state index contributed by atoms with van der Waals surface area (Å²) in [6.07, 6.45) is 4.25. The molecule has 0 saturated carbocycles. The van der Waals surface area contributed by atoms with E-state index >= 15 is 0 Å². The van der Waals surface area contributed by atoms with E-state index in [1.54, 1.807) is 0 Å². The summed E-state index contributed by atoms with van der Waals surface area (Å²) in [5.41, 5.74) is 0.958. The smallest absolute Gasteiger partial charge is 0.326 e. The summed E-state index contributed by atoms with van der Waals surface area (Å²) >= 11 is 0. The zero-order valence-electron chi connectivity index (χ0n) is 10.8. The number of carbonyl (C=O) groups excluding carboxylic acids is 1. The maximum atomic E-state index is 11.9. The molecule has 0 spiro atoms. The summed E-state index contributed by atoms with van der Waals surface area (Å²) < 4.78 is 0. The molecule has 1 amide bonds. The second kappa shape index (κ2) is 6.29. The first-order chi connectivity index (χ1) is 10.1. The van der Waals surface area contributed by atoms with Crippen molar-refractivity contribution >= 4 is 11.9 Å². The third-order valence-corrected chi connectivity index (χ3v) is 2.71. The van der Waals surface area contributed by atoms with E-state index in [0.29, 0.717) is 11.3 Å². The van der Waals surface area contributed by atoms with Crippen molar-refractivity contribution in [1.29, 1.82) is 5.26 Å². The fourth-order valence-electron chi connectivity index (χ4n) is 1.64. The largest absolute Gasteiger partial charge is 0.480 e. The van der Waals surface area contributed by atoms with Crippen molar-refractivity contribution in [1.82, 2.24) is 20.3 Å². The van der Waals surface area contributed by atoms with E-state index in [1.807, 2.05) is 6.07 Å². The number of hydrogen-bond acceptors (Lipinski definition) is 5. The van der Waals surface area contributed by atoms with Crippen molar-refractivity contribution < 1.29 is 14.7 Å². The Labute approximate surface area is 119 Å². The number of H-pyrrole nitrogens is 1. The molecule has 0 bridgehead atoms. The fourth-order valence-corrected chi connectivity index (χ4v) is 1.64. The van der Waals surface area contributed by atoms with Gasteiger partial charge in [-0.3, -0.25) is 4.79 Å². The van der Waals surface area contributed by atoms with Crippen LogP contribution in [0.5, 0.6) is 0 Å². The number of nitrogens with zero attached hydrogens (tertiary/aromatic N) is 3. The molecule has 3 N–H and O–H groups in total. The second-order valence-corrected chi connectivity index (χ2v) is 4.19. The van der Waals surface area contributed by atoms with Crippen LogP contribution >= 0.6 is 0 Å². The van der Waals surface area contributed by atoms with Gasteiger partial charge in [-0.1, -0.05) is 0 Å². The van der Waals surface area contributed by atoms with Crippen molar-refractivity contribution in [3.05, 3.63) is 47.8 Å². The quantitative estimate of drug-likeness (QED) is 0.714. The normalized spacial score (nSPS) is 11.4. The van der Waals surface area contributed by atoms with Crippen LogP contribution in [-0.4, -0.2) is 38.0 Å². The molecule has 0 aliphatic carbocycles. The van der Waals surface area contributed by atoms with Gasteiger partial charge in [0.15, 0.2) is 0 Å². The minimum absolute atomic E-state index is 0.0462. The van der Waals surface area contributed by atoms with Crippen molar-refractivity contribution in [3.63, 3.8) is 0 Å². The lowest BCUT2D eigenvalue weighted by Crippen LogP contribution is -2.42. The van der Waals surface area contributed by atoms with Crippen LogP contribution in [0.3, 0.4) is 0 Å². The van der Waals surface area contributed by atoms with Crippen molar-refractivity contribution in [3.8, 4) is 6.07 Å². The number of carbonyl (C=O) groups is 2. The predicted octanol–water partition coefficient (Wildman–Crippen LogP) is 0.102. The first kappa shape index (κ1) is 14.2. The monoisotopic (exact) mass is 285 g/mol. The van der Waals surface area contributed by atoms with Gasteiger partial charge in [0.25, 0.3) is 5.91 Å². The van der Waals surface area contributed by atoms with E-state index in [2.05, 4.69) is 20.3 Å². The van der Waals surface area contributed by atoms with Crippen LogP contribution in [0.15, 0.2) is 30.9 Å². The zero-order chi connectivity index (χ0) is 15.2. The molecule has 2 rings (SSSR count). The van der Waals surface area contributed by atoms with Crippen molar-refractivity contribution in [2.24, 2.45) is 0 Å². The summed E-state index contributed by atoms with van der Waals surface area (Å²) in [7, 11) is 0. The van der Waals surface area contributed by atoms with Gasteiger partial charge in [0.2, 0.25) is 0 Å². The summed E-state index contributed by atoms with van der Waals surface area (Å²) in [6, 6.07) is 3.58. The molecule has 106 valence electrons. The topological polar surface area (TPSA) is 132 Å². The number of hydrogen-bond donors (Lipinski definition) is 3. The SMILES string of the molecule is N#Cc1ccc(C(=O)N[C@@H](Cc2cnc[nH]2)C(=O)O)nc1. The number of nitrogens with one attached hydrogen (secondary N) is 2. The number of aromatic nitrogens is 3. The Morgan fingerprint density at radius 3 is 2.76 bits per heavy atom. The summed E-state index contributed by atoms with van der Waals surface area (Å²) in [5, 5.41) is 20.2. The third kappa shape index (κ3) is 3.63. The number of nitriles is 1. The molecule has 1 atom stereocenters. The number of carboxylic acids is 1. The molecule has 0 saturated heterocycles. The standard InChI is InChI=1S/C13H11N5O3/c14-4-8-1-2-10(16-5-8)12(19)18-11(13(20)21)3-9-6-15-7-17-9/h1-2,5-7,11H,3H2,(H,15,17)(H,18,19)(H,20,21)/t11-/m0/s1. The van der Waals surface area contributed by atoms with E-state index in [0.717, 1.165) is 0 Å². The summed E-state index contributed by atoms with van der Waals surface area (Å²) in [6.45, 7) is 0. The Morgan fingerprint density at radius 1 is 1.43 bits per heavy atom. The van der Waals surface area contributed by atoms with Gasteiger partial charge in [-0.05, 0) is 12.1 Å². The van der Waals surface area contributed by atoms with Crippen molar-refractivity contribution in [2.75, 3.05) is 0 Å². The van der Waals surface area contributed by atoms with Crippen LogP contribution in [0.1, 0.15) is 21.7 Å². The molecule has 8 heteroatoms. The minimum atomic E-state index is -1.16. The number of aromatic amines is 1. The highest BCUT2D eigenvalue weighted by Gasteiger charge is 2.22. The van der Waals surface area contributed by atoms with Crippen LogP contribution in [0.2, 0.25) is 0 Å². The third-order valence-electron chi connectivity index (χ3n) is 2.71. The summed E-state index contributed by atoms with van der Waals surface area (Å²) in [5.74, 6) is -1.78. The average Bonchev–Trinajstić information content (AvgIpc) is 2.99. The van der Waals surface area contributed by atoms with Crippen LogP contribution in [-0.2, 0) is 11.2 Å². The Balaban J connectivity index is 2.07. The lowest BCUT2D eigenvalue weighted by Gasteiger charge is -2.13. The zero-order valence-corrected chi connectivity index (χ0v) is 10.8. The molecule has 0 unspecified atom stereocenters. The van der Waals surface area contributed by atoms with E-state index in [1.165, 1.54) is 30.9 Å². The Bertz CT molecular complexity index is 673. The van der Waals surface area contributed by atoms with Gasteiger partial charge in [0.1, 0.15) is 17.8 Å². The molecule has 0 fully saturated rings.